The molecule has 0 aliphatic heterocycles. The average molecular weight is 273 g/mol. The molecule has 2 aromatic rings. The van der Waals surface area contributed by atoms with Crippen LogP contribution in [0.4, 0.5) is 0 Å². The van der Waals surface area contributed by atoms with Crippen molar-refractivity contribution in [1.82, 2.24) is 0 Å². The van der Waals surface area contributed by atoms with Gasteiger partial charge in [-0.1, -0.05) is 41.9 Å². The van der Waals surface area contributed by atoms with E-state index in [2.05, 4.69) is 31.2 Å². The average Bonchev–Trinajstić information content (AvgIpc) is 2.40. The van der Waals surface area contributed by atoms with Crippen molar-refractivity contribution in [2.24, 2.45) is 0 Å². The number of aryl methyl sites for hydroxylation is 2. The lowest BCUT2D eigenvalue weighted by Gasteiger charge is -2.08. The van der Waals surface area contributed by atoms with Crippen LogP contribution in [0.2, 0.25) is 5.02 Å². The maximum atomic E-state index is 11.0. The Balaban J connectivity index is 2.22. The molecule has 0 saturated carbocycles. The molecular formula is C17H17ClO. The summed E-state index contributed by atoms with van der Waals surface area (Å²) >= 11 is 6.05. The zero-order chi connectivity index (χ0) is 13.8. The van der Waals surface area contributed by atoms with Gasteiger partial charge in [-0.2, -0.15) is 0 Å². The van der Waals surface area contributed by atoms with Gasteiger partial charge in [0, 0.05) is 11.4 Å². The molecule has 19 heavy (non-hydrogen) atoms. The second kappa shape index (κ2) is 6.03. The molecule has 0 N–H and O–H groups in total. The third-order valence-corrected chi connectivity index (χ3v) is 3.47. The zero-order valence-electron chi connectivity index (χ0n) is 11.2. The molecule has 2 rings (SSSR count). The van der Waals surface area contributed by atoms with E-state index in [4.69, 9.17) is 11.6 Å². The summed E-state index contributed by atoms with van der Waals surface area (Å²) in [6, 6.07) is 14.3. The molecule has 0 fully saturated rings. The van der Waals surface area contributed by atoms with Crippen LogP contribution in [0.25, 0.3) is 11.1 Å². The molecular weight excluding hydrogens is 256 g/mol. The normalized spacial score (nSPS) is 10.5. The second-order valence-corrected chi connectivity index (χ2v) is 5.29. The first kappa shape index (κ1) is 13.8. The van der Waals surface area contributed by atoms with Crippen LogP contribution >= 0.6 is 11.6 Å². The number of Topliss-reactive ketones (excluding diaryl/α,β-unsaturated/α-hetero) is 1. The number of hydrogen-bond donors (Lipinski definition) is 0. The summed E-state index contributed by atoms with van der Waals surface area (Å²) in [6.45, 7) is 3.71. The van der Waals surface area contributed by atoms with E-state index in [0.717, 1.165) is 22.6 Å². The van der Waals surface area contributed by atoms with Gasteiger partial charge >= 0.3 is 0 Å². The van der Waals surface area contributed by atoms with Crippen molar-refractivity contribution in [3.05, 3.63) is 58.6 Å². The minimum absolute atomic E-state index is 0.231. The quantitative estimate of drug-likeness (QED) is 0.778. The number of carbonyl (C=O) groups is 1. The molecule has 0 atom stereocenters. The molecule has 0 aromatic heterocycles. The molecule has 2 heteroatoms. The smallest absolute Gasteiger partial charge is 0.130 e. The highest BCUT2D eigenvalue weighted by Crippen LogP contribution is 2.26. The van der Waals surface area contributed by atoms with Gasteiger partial charge in [-0.15, -0.1) is 0 Å². The standard InChI is InChI=1S/C17H17ClO/c1-12-3-10-16(18)11-17(12)15-8-6-14(7-9-15)5-4-13(2)19/h3,6-11H,4-5H2,1-2H3. The van der Waals surface area contributed by atoms with Gasteiger partial charge in [0.05, 0.1) is 0 Å². The number of carbonyl (C=O) groups excluding carboxylic acids is 1. The zero-order valence-corrected chi connectivity index (χ0v) is 12.0. The number of benzene rings is 2. The van der Waals surface area contributed by atoms with Crippen molar-refractivity contribution in [2.75, 3.05) is 0 Å². The van der Waals surface area contributed by atoms with Crippen LogP contribution in [0, 0.1) is 6.92 Å². The van der Waals surface area contributed by atoms with Crippen LogP contribution in [-0.2, 0) is 11.2 Å². The molecule has 1 nitrogen and oxygen atoms in total. The molecule has 0 bridgehead atoms. The fourth-order valence-electron chi connectivity index (χ4n) is 2.08. The highest BCUT2D eigenvalue weighted by atomic mass is 35.5. The van der Waals surface area contributed by atoms with E-state index < -0.39 is 0 Å². The molecule has 0 unspecified atom stereocenters. The fraction of sp³-hybridized carbons (Fsp3) is 0.235. The number of halogens is 1. The van der Waals surface area contributed by atoms with E-state index >= 15 is 0 Å². The summed E-state index contributed by atoms with van der Waals surface area (Å²) in [6.07, 6.45) is 1.42. The van der Waals surface area contributed by atoms with Gasteiger partial charge in [-0.25, -0.2) is 0 Å². The van der Waals surface area contributed by atoms with E-state index in [0.29, 0.717) is 6.42 Å². The molecule has 0 aliphatic carbocycles. The molecule has 0 aliphatic rings. The van der Waals surface area contributed by atoms with Crippen LogP contribution in [0.3, 0.4) is 0 Å². The van der Waals surface area contributed by atoms with E-state index in [-0.39, 0.29) is 5.78 Å². The van der Waals surface area contributed by atoms with Crippen molar-refractivity contribution >= 4 is 17.4 Å². The topological polar surface area (TPSA) is 17.1 Å². The predicted molar refractivity (Wildman–Crippen MR) is 80.6 cm³/mol. The molecule has 0 radical (unpaired) electrons. The molecule has 0 saturated heterocycles. The van der Waals surface area contributed by atoms with E-state index in [1.807, 2.05) is 18.2 Å². The Labute approximate surface area is 119 Å². The van der Waals surface area contributed by atoms with Crippen LogP contribution in [0.5, 0.6) is 0 Å². The fourth-order valence-corrected chi connectivity index (χ4v) is 2.25. The lowest BCUT2D eigenvalue weighted by Crippen LogP contribution is -1.93. The Morgan fingerprint density at radius 3 is 2.42 bits per heavy atom. The summed E-state index contributed by atoms with van der Waals surface area (Å²) < 4.78 is 0. The van der Waals surface area contributed by atoms with Gasteiger partial charge < -0.3 is 4.79 Å². The Bertz CT molecular complexity index is 585. The predicted octanol–water partition coefficient (Wildman–Crippen LogP) is 4.84. The Hall–Kier alpha value is -1.60. The van der Waals surface area contributed by atoms with Crippen molar-refractivity contribution in [2.45, 2.75) is 26.7 Å². The minimum Gasteiger partial charge on any atom is -0.300 e. The molecule has 2 aromatic carbocycles. The van der Waals surface area contributed by atoms with Gasteiger partial charge in [-0.3, -0.25) is 0 Å². The number of rotatable bonds is 4. The monoisotopic (exact) mass is 272 g/mol. The van der Waals surface area contributed by atoms with Gasteiger partial charge in [-0.05, 0) is 54.7 Å². The van der Waals surface area contributed by atoms with Gasteiger partial charge in [0.2, 0.25) is 0 Å². The summed E-state index contributed by atoms with van der Waals surface area (Å²) in [5.74, 6) is 0.231. The van der Waals surface area contributed by atoms with Crippen LogP contribution in [0.1, 0.15) is 24.5 Å². The van der Waals surface area contributed by atoms with Gasteiger partial charge in [0.25, 0.3) is 0 Å². The first-order chi connectivity index (χ1) is 9.06. The van der Waals surface area contributed by atoms with Gasteiger partial charge in [0.1, 0.15) is 5.78 Å². The minimum atomic E-state index is 0.231. The molecule has 0 amide bonds. The highest BCUT2D eigenvalue weighted by Gasteiger charge is 2.03. The summed E-state index contributed by atoms with van der Waals surface area (Å²) in [5, 5.41) is 0.751. The molecule has 0 spiro atoms. The maximum Gasteiger partial charge on any atom is 0.130 e. The van der Waals surface area contributed by atoms with Crippen molar-refractivity contribution in [3.8, 4) is 11.1 Å². The number of hydrogen-bond acceptors (Lipinski definition) is 1. The molecule has 0 heterocycles. The van der Waals surface area contributed by atoms with E-state index in [1.54, 1.807) is 6.92 Å². The summed E-state index contributed by atoms with van der Waals surface area (Å²) in [4.78, 5) is 11.0. The second-order valence-electron chi connectivity index (χ2n) is 4.86. The molecule has 98 valence electrons. The van der Waals surface area contributed by atoms with Crippen LogP contribution in [-0.4, -0.2) is 5.78 Å². The Morgan fingerprint density at radius 1 is 1.11 bits per heavy atom. The largest absolute Gasteiger partial charge is 0.300 e. The lowest BCUT2D eigenvalue weighted by molar-refractivity contribution is -0.116. The Morgan fingerprint density at radius 2 is 1.79 bits per heavy atom. The van der Waals surface area contributed by atoms with Gasteiger partial charge in [0.15, 0.2) is 0 Å². The third-order valence-electron chi connectivity index (χ3n) is 3.23. The lowest BCUT2D eigenvalue weighted by atomic mass is 9.98. The summed E-state index contributed by atoms with van der Waals surface area (Å²) in [5.41, 5.74) is 4.72. The number of ketones is 1. The van der Waals surface area contributed by atoms with Crippen molar-refractivity contribution < 1.29 is 4.79 Å². The van der Waals surface area contributed by atoms with Crippen molar-refractivity contribution in [3.63, 3.8) is 0 Å². The van der Waals surface area contributed by atoms with E-state index in [9.17, 15) is 4.79 Å². The highest BCUT2D eigenvalue weighted by molar-refractivity contribution is 6.30. The SMILES string of the molecule is CC(=O)CCc1ccc(-c2cc(Cl)ccc2C)cc1. The van der Waals surface area contributed by atoms with Crippen molar-refractivity contribution in [1.29, 1.82) is 0 Å². The first-order valence-corrected chi connectivity index (χ1v) is 6.79. The Kier molecular flexibility index (Phi) is 4.39. The summed E-state index contributed by atoms with van der Waals surface area (Å²) in [7, 11) is 0. The maximum absolute atomic E-state index is 11.0. The first-order valence-electron chi connectivity index (χ1n) is 6.41. The third kappa shape index (κ3) is 3.68. The van der Waals surface area contributed by atoms with Crippen LogP contribution in [0.15, 0.2) is 42.5 Å². The van der Waals surface area contributed by atoms with Crippen LogP contribution < -0.4 is 0 Å². The van der Waals surface area contributed by atoms with E-state index in [1.165, 1.54) is 11.1 Å².